The Morgan fingerprint density at radius 1 is 0.806 bits per heavy atom. The van der Waals surface area contributed by atoms with Crippen LogP contribution >= 0.6 is 0 Å². The number of allylic oxidation sites excluding steroid dienone is 2. The van der Waals surface area contributed by atoms with Gasteiger partial charge in [-0.05, 0) is 5.56 Å². The average Bonchev–Trinajstić information content (AvgIpc) is 2.83. The maximum absolute atomic E-state index is 13.2. The number of Topliss-reactive ketones (excluding diaryl/α,β-unsaturated/α-hetero) is 1. The van der Waals surface area contributed by atoms with Gasteiger partial charge in [0.15, 0.2) is 5.78 Å². The number of carbonyl (C=O) groups excluding carboxylic acids is 3. The van der Waals surface area contributed by atoms with E-state index in [1.165, 1.54) is 13.2 Å². The first kappa shape index (κ1) is 21.7. The molecule has 1 N–H and O–H groups in total. The Hall–Kier alpha value is -3.99. The number of esters is 1. The van der Waals surface area contributed by atoms with E-state index in [-0.39, 0.29) is 17.3 Å². The average molecular weight is 413 g/mol. The van der Waals surface area contributed by atoms with Crippen molar-refractivity contribution in [1.82, 2.24) is 5.32 Å². The van der Waals surface area contributed by atoms with Crippen molar-refractivity contribution in [2.24, 2.45) is 0 Å². The lowest BCUT2D eigenvalue weighted by Gasteiger charge is -2.19. The number of carbonyl (C=O) groups is 3. The quantitative estimate of drug-likeness (QED) is 0.326. The molecule has 31 heavy (non-hydrogen) atoms. The number of benzene rings is 3. The summed E-state index contributed by atoms with van der Waals surface area (Å²) >= 11 is 0. The SMILES string of the molecule is COC(=O)[C@H](Cc1ccccc1)N/C(=C/C(=O)c1ccccc1)C(=O)c1ccccc1. The fourth-order valence-electron chi connectivity index (χ4n) is 3.11. The lowest BCUT2D eigenvalue weighted by atomic mass is 10.0. The Kier molecular flexibility index (Phi) is 7.49. The second-order valence-corrected chi connectivity index (χ2v) is 6.89. The molecule has 0 aromatic heterocycles. The van der Waals surface area contributed by atoms with E-state index in [2.05, 4.69) is 5.32 Å². The van der Waals surface area contributed by atoms with Crippen LogP contribution in [0.4, 0.5) is 0 Å². The highest BCUT2D eigenvalue weighted by Gasteiger charge is 2.24. The monoisotopic (exact) mass is 413 g/mol. The standard InChI is InChI=1S/C26H23NO4/c1-31-26(30)23(17-19-11-5-2-6-12-19)27-22(25(29)21-15-9-4-10-16-21)18-24(28)20-13-7-3-8-14-20/h2-16,18,23,27H,17H2,1H3/b22-18+/t23-/m0/s1. The smallest absolute Gasteiger partial charge is 0.328 e. The minimum Gasteiger partial charge on any atom is -0.467 e. The molecule has 0 spiro atoms. The van der Waals surface area contributed by atoms with Crippen molar-refractivity contribution < 1.29 is 19.1 Å². The van der Waals surface area contributed by atoms with Crippen molar-refractivity contribution >= 4 is 17.5 Å². The van der Waals surface area contributed by atoms with Crippen molar-refractivity contribution in [3.05, 3.63) is 119 Å². The molecule has 0 unspecified atom stereocenters. The van der Waals surface area contributed by atoms with Crippen LogP contribution in [0.15, 0.2) is 103 Å². The van der Waals surface area contributed by atoms with Crippen molar-refractivity contribution in [2.75, 3.05) is 7.11 Å². The second-order valence-electron chi connectivity index (χ2n) is 6.89. The van der Waals surface area contributed by atoms with Crippen LogP contribution in [0, 0.1) is 0 Å². The summed E-state index contributed by atoms with van der Waals surface area (Å²) in [7, 11) is 1.29. The van der Waals surface area contributed by atoms with Crippen molar-refractivity contribution in [3.63, 3.8) is 0 Å². The first-order chi connectivity index (χ1) is 15.1. The minimum absolute atomic E-state index is 0.0337. The summed E-state index contributed by atoms with van der Waals surface area (Å²) in [6.07, 6.45) is 1.54. The molecular formula is C26H23NO4. The van der Waals surface area contributed by atoms with Gasteiger partial charge in [0.25, 0.3) is 0 Å². The van der Waals surface area contributed by atoms with E-state index < -0.39 is 12.0 Å². The molecule has 156 valence electrons. The van der Waals surface area contributed by atoms with E-state index in [9.17, 15) is 14.4 Å². The van der Waals surface area contributed by atoms with Gasteiger partial charge in [-0.25, -0.2) is 4.79 Å². The Labute approximate surface area is 181 Å². The number of hydrogen-bond acceptors (Lipinski definition) is 5. The first-order valence-electron chi connectivity index (χ1n) is 9.87. The molecule has 3 aromatic rings. The van der Waals surface area contributed by atoms with E-state index in [1.54, 1.807) is 54.6 Å². The second kappa shape index (κ2) is 10.7. The molecule has 0 saturated carbocycles. The molecule has 0 aliphatic heterocycles. The van der Waals surface area contributed by atoms with E-state index in [0.717, 1.165) is 5.56 Å². The highest BCUT2D eigenvalue weighted by atomic mass is 16.5. The third-order valence-corrected chi connectivity index (χ3v) is 4.71. The highest BCUT2D eigenvalue weighted by molar-refractivity contribution is 6.14. The molecule has 0 aliphatic rings. The Bertz CT molecular complexity index is 1060. The number of rotatable bonds is 9. The topological polar surface area (TPSA) is 72.5 Å². The zero-order chi connectivity index (χ0) is 22.1. The van der Waals surface area contributed by atoms with Gasteiger partial charge in [0.05, 0.1) is 12.8 Å². The van der Waals surface area contributed by atoms with Crippen LogP contribution in [-0.2, 0) is 16.0 Å². The highest BCUT2D eigenvalue weighted by Crippen LogP contribution is 2.12. The largest absolute Gasteiger partial charge is 0.467 e. The Morgan fingerprint density at radius 3 is 1.87 bits per heavy atom. The summed E-state index contributed by atoms with van der Waals surface area (Å²) in [5.41, 5.74) is 1.78. The maximum Gasteiger partial charge on any atom is 0.328 e. The van der Waals surface area contributed by atoms with Crippen molar-refractivity contribution in [2.45, 2.75) is 12.5 Å². The van der Waals surface area contributed by atoms with E-state index in [0.29, 0.717) is 17.5 Å². The van der Waals surface area contributed by atoms with Crippen LogP contribution in [0.3, 0.4) is 0 Å². The molecule has 1 atom stereocenters. The van der Waals surface area contributed by atoms with Gasteiger partial charge >= 0.3 is 5.97 Å². The summed E-state index contributed by atoms with van der Waals surface area (Å²) in [6.45, 7) is 0. The molecule has 0 saturated heterocycles. The Morgan fingerprint density at radius 2 is 1.32 bits per heavy atom. The normalized spacial score (nSPS) is 12.0. The van der Waals surface area contributed by atoms with Gasteiger partial charge in [0.2, 0.25) is 5.78 Å². The summed E-state index contributed by atoms with van der Waals surface area (Å²) < 4.78 is 4.94. The lowest BCUT2D eigenvalue weighted by molar-refractivity contribution is -0.142. The zero-order valence-corrected chi connectivity index (χ0v) is 17.2. The maximum atomic E-state index is 13.2. The lowest BCUT2D eigenvalue weighted by Crippen LogP contribution is -2.41. The fourth-order valence-corrected chi connectivity index (χ4v) is 3.11. The van der Waals surface area contributed by atoms with E-state index >= 15 is 0 Å². The number of ketones is 2. The fraction of sp³-hybridized carbons (Fsp3) is 0.115. The molecule has 0 bridgehead atoms. The molecule has 0 radical (unpaired) electrons. The molecule has 5 nitrogen and oxygen atoms in total. The van der Waals surface area contributed by atoms with Crippen LogP contribution in [0.1, 0.15) is 26.3 Å². The van der Waals surface area contributed by atoms with Gasteiger partial charge in [-0.1, -0.05) is 91.0 Å². The van der Waals surface area contributed by atoms with Gasteiger partial charge in [0, 0.05) is 23.6 Å². The molecule has 0 amide bonds. The predicted molar refractivity (Wildman–Crippen MR) is 119 cm³/mol. The van der Waals surface area contributed by atoms with Gasteiger partial charge in [-0.15, -0.1) is 0 Å². The molecule has 3 rings (SSSR count). The summed E-state index contributed by atoms with van der Waals surface area (Å²) in [6, 6.07) is 25.8. The summed E-state index contributed by atoms with van der Waals surface area (Å²) in [5, 5.41) is 2.97. The third kappa shape index (κ3) is 6.00. The van der Waals surface area contributed by atoms with Gasteiger partial charge in [-0.2, -0.15) is 0 Å². The molecule has 5 heteroatoms. The molecule has 3 aromatic carbocycles. The summed E-state index contributed by atoms with van der Waals surface area (Å²) in [5.74, 6) is -1.25. The predicted octanol–water partition coefficient (Wildman–Crippen LogP) is 4.01. The minimum atomic E-state index is -0.838. The van der Waals surface area contributed by atoms with E-state index in [1.807, 2.05) is 36.4 Å². The molecule has 0 fully saturated rings. The number of nitrogens with one attached hydrogen (secondary N) is 1. The van der Waals surface area contributed by atoms with Crippen LogP contribution in [0.5, 0.6) is 0 Å². The van der Waals surface area contributed by atoms with Crippen LogP contribution in [0.2, 0.25) is 0 Å². The molecule has 0 heterocycles. The number of methoxy groups -OCH3 is 1. The number of ether oxygens (including phenoxy) is 1. The number of hydrogen-bond donors (Lipinski definition) is 1. The zero-order valence-electron chi connectivity index (χ0n) is 17.2. The van der Waals surface area contributed by atoms with Crippen molar-refractivity contribution in [1.29, 1.82) is 0 Å². The van der Waals surface area contributed by atoms with Gasteiger partial charge in [-0.3, -0.25) is 9.59 Å². The molecule has 0 aliphatic carbocycles. The Balaban J connectivity index is 1.95. The van der Waals surface area contributed by atoms with Gasteiger partial charge in [0.1, 0.15) is 6.04 Å². The van der Waals surface area contributed by atoms with Crippen LogP contribution < -0.4 is 5.32 Å². The first-order valence-corrected chi connectivity index (χ1v) is 9.87. The third-order valence-electron chi connectivity index (χ3n) is 4.71. The molecular weight excluding hydrogens is 390 g/mol. The van der Waals surface area contributed by atoms with Gasteiger partial charge < -0.3 is 10.1 Å². The van der Waals surface area contributed by atoms with Crippen LogP contribution in [0.25, 0.3) is 0 Å². The summed E-state index contributed by atoms with van der Waals surface area (Å²) in [4.78, 5) is 38.4. The van der Waals surface area contributed by atoms with E-state index in [4.69, 9.17) is 4.74 Å². The van der Waals surface area contributed by atoms with Crippen molar-refractivity contribution in [3.8, 4) is 0 Å². The van der Waals surface area contributed by atoms with Crippen LogP contribution in [-0.4, -0.2) is 30.7 Å².